The smallest absolute Gasteiger partial charge is 0.325 e. The molecule has 1 aromatic rings. The number of cyclic esters (lactones) is 1. The number of hydrogen-bond acceptors (Lipinski definition) is 4. The molecule has 90 valence electrons. The van der Waals surface area contributed by atoms with Gasteiger partial charge in [0.25, 0.3) is 0 Å². The maximum atomic E-state index is 11.7. The molecule has 4 heteroatoms. The van der Waals surface area contributed by atoms with E-state index in [9.17, 15) is 4.79 Å². The highest BCUT2D eigenvalue weighted by Gasteiger charge is 2.39. The largest absolute Gasteiger partial charge is 0.459 e. The molecule has 2 aliphatic heterocycles. The first kappa shape index (κ1) is 10.6. The number of rotatable bonds is 0. The van der Waals surface area contributed by atoms with Crippen LogP contribution in [0.25, 0.3) is 0 Å². The van der Waals surface area contributed by atoms with Crippen LogP contribution in [0.4, 0.5) is 5.69 Å². The van der Waals surface area contributed by atoms with E-state index in [1.165, 1.54) is 5.56 Å². The predicted molar refractivity (Wildman–Crippen MR) is 64.6 cm³/mol. The van der Waals surface area contributed by atoms with Crippen LogP contribution in [0, 0.1) is 0 Å². The van der Waals surface area contributed by atoms with Crippen LogP contribution in [0.2, 0.25) is 0 Å². The third-order valence-corrected chi connectivity index (χ3v) is 3.54. The molecule has 0 bridgehead atoms. The highest BCUT2D eigenvalue weighted by molar-refractivity contribution is 5.77. The third-order valence-electron chi connectivity index (χ3n) is 3.54. The number of anilines is 1. The van der Waals surface area contributed by atoms with Crippen molar-refractivity contribution in [1.29, 1.82) is 0 Å². The molecule has 0 amide bonds. The first-order chi connectivity index (χ1) is 8.16. The highest BCUT2D eigenvalue weighted by Crippen LogP contribution is 2.33. The Balaban J connectivity index is 1.99. The number of carbonyl (C=O) groups is 1. The van der Waals surface area contributed by atoms with Crippen LogP contribution in [0.5, 0.6) is 0 Å². The van der Waals surface area contributed by atoms with Gasteiger partial charge < -0.3 is 9.75 Å². The van der Waals surface area contributed by atoms with Crippen LogP contribution in [0.3, 0.4) is 0 Å². The number of nitrogens with one attached hydrogen (secondary N) is 1. The van der Waals surface area contributed by atoms with Gasteiger partial charge >= 0.3 is 5.97 Å². The molecule has 17 heavy (non-hydrogen) atoms. The molecule has 1 fully saturated rings. The summed E-state index contributed by atoms with van der Waals surface area (Å²) in [6.07, 6.45) is 0.831. The predicted octanol–water partition coefficient (Wildman–Crippen LogP) is 1.26. The zero-order chi connectivity index (χ0) is 12.0. The molecule has 0 spiro atoms. The van der Waals surface area contributed by atoms with Crippen molar-refractivity contribution in [2.45, 2.75) is 38.5 Å². The van der Waals surface area contributed by atoms with E-state index in [2.05, 4.69) is 22.6 Å². The van der Waals surface area contributed by atoms with Gasteiger partial charge in [0, 0.05) is 6.42 Å². The number of nitrogens with zero attached hydrogens (tertiary/aromatic N) is 1. The lowest BCUT2D eigenvalue weighted by Gasteiger charge is -2.28. The van der Waals surface area contributed by atoms with E-state index in [-0.39, 0.29) is 24.2 Å². The molecule has 2 aliphatic rings. The average Bonchev–Trinajstić information content (AvgIpc) is 2.63. The summed E-state index contributed by atoms with van der Waals surface area (Å²) in [5.74, 6) is -0.176. The van der Waals surface area contributed by atoms with E-state index in [1.807, 2.05) is 26.0 Å². The number of benzene rings is 1. The zero-order valence-electron chi connectivity index (χ0n) is 10.0. The first-order valence-electron chi connectivity index (χ1n) is 6.00. The summed E-state index contributed by atoms with van der Waals surface area (Å²) in [5, 5.41) is 2.09. The van der Waals surface area contributed by atoms with E-state index < -0.39 is 0 Å². The summed E-state index contributed by atoms with van der Waals surface area (Å²) in [6.45, 7) is 3.79. The molecule has 1 aromatic carbocycles. The van der Waals surface area contributed by atoms with E-state index in [4.69, 9.17) is 4.74 Å². The van der Waals surface area contributed by atoms with Crippen molar-refractivity contribution in [3.05, 3.63) is 29.8 Å². The Morgan fingerprint density at radius 1 is 1.35 bits per heavy atom. The summed E-state index contributed by atoms with van der Waals surface area (Å²) in [5.41, 5.74) is 5.70. The fourth-order valence-electron chi connectivity index (χ4n) is 2.58. The topological polar surface area (TPSA) is 41.6 Å². The molecule has 0 unspecified atom stereocenters. The number of hydrazine groups is 1. The van der Waals surface area contributed by atoms with Crippen molar-refractivity contribution < 1.29 is 9.53 Å². The minimum Gasteiger partial charge on any atom is -0.459 e. The molecule has 0 radical (unpaired) electrons. The van der Waals surface area contributed by atoms with Gasteiger partial charge in [-0.15, -0.1) is 0 Å². The molecular formula is C13H16N2O2. The number of ether oxygens (including phenoxy) is 1. The van der Waals surface area contributed by atoms with Crippen molar-refractivity contribution in [3.63, 3.8) is 0 Å². The van der Waals surface area contributed by atoms with Crippen molar-refractivity contribution in [1.82, 2.24) is 5.43 Å². The summed E-state index contributed by atoms with van der Waals surface area (Å²) in [7, 11) is 0. The maximum absolute atomic E-state index is 11.7. The summed E-state index contributed by atoms with van der Waals surface area (Å²) >= 11 is 0. The molecular weight excluding hydrogens is 216 g/mol. The molecule has 0 aromatic heterocycles. The number of para-hydroxylation sites is 1. The summed E-state index contributed by atoms with van der Waals surface area (Å²) in [4.78, 5) is 11.7. The summed E-state index contributed by atoms with van der Waals surface area (Å²) < 4.78 is 5.43. The monoisotopic (exact) mass is 232 g/mol. The second-order valence-corrected chi connectivity index (χ2v) is 4.76. The van der Waals surface area contributed by atoms with Crippen molar-refractivity contribution >= 4 is 11.7 Å². The first-order valence-corrected chi connectivity index (χ1v) is 6.00. The molecule has 1 saturated heterocycles. The molecule has 2 heterocycles. The Morgan fingerprint density at radius 3 is 2.94 bits per heavy atom. The molecule has 3 atom stereocenters. The van der Waals surface area contributed by atoms with Crippen LogP contribution in [0.1, 0.15) is 19.4 Å². The fourth-order valence-corrected chi connectivity index (χ4v) is 2.58. The van der Waals surface area contributed by atoms with Crippen LogP contribution < -0.4 is 10.4 Å². The standard InChI is InChI=1S/C13H16N2O2/c1-8-13(16)17-9(2)12-7-10-5-3-4-6-11(10)15(12)14-8/h3-6,8-9,12,14H,7H2,1-2H3/t8-,9+,12+/m1/s1. The van der Waals surface area contributed by atoms with Crippen molar-refractivity contribution in [3.8, 4) is 0 Å². The Kier molecular flexibility index (Phi) is 2.33. The van der Waals surface area contributed by atoms with Crippen LogP contribution in [-0.2, 0) is 16.0 Å². The van der Waals surface area contributed by atoms with Gasteiger partial charge in [0.05, 0.1) is 11.7 Å². The lowest BCUT2D eigenvalue weighted by Crippen LogP contribution is -2.49. The zero-order valence-corrected chi connectivity index (χ0v) is 10.0. The van der Waals surface area contributed by atoms with E-state index >= 15 is 0 Å². The Labute approximate surface area is 101 Å². The van der Waals surface area contributed by atoms with Gasteiger partial charge in [-0.3, -0.25) is 4.79 Å². The molecule has 4 nitrogen and oxygen atoms in total. The second-order valence-electron chi connectivity index (χ2n) is 4.76. The van der Waals surface area contributed by atoms with Crippen molar-refractivity contribution in [2.24, 2.45) is 0 Å². The number of esters is 1. The van der Waals surface area contributed by atoms with Crippen LogP contribution in [0.15, 0.2) is 24.3 Å². The van der Waals surface area contributed by atoms with E-state index in [0.717, 1.165) is 12.1 Å². The SMILES string of the molecule is C[C@@H]1OC(=O)[C@@H](C)NN2c3ccccc3C[C@@H]12. The third kappa shape index (κ3) is 1.60. The summed E-state index contributed by atoms with van der Waals surface area (Å²) in [6, 6.07) is 8.18. The molecule has 3 rings (SSSR count). The minimum atomic E-state index is -0.298. The molecule has 0 aliphatic carbocycles. The van der Waals surface area contributed by atoms with Crippen LogP contribution in [-0.4, -0.2) is 24.2 Å². The normalized spacial score (nSPS) is 31.5. The minimum absolute atomic E-state index is 0.0904. The van der Waals surface area contributed by atoms with Gasteiger partial charge in [0.1, 0.15) is 12.1 Å². The molecule has 0 saturated carbocycles. The van der Waals surface area contributed by atoms with Crippen molar-refractivity contribution in [2.75, 3.05) is 5.01 Å². The fraction of sp³-hybridized carbons (Fsp3) is 0.462. The van der Waals surface area contributed by atoms with Crippen LogP contribution >= 0.6 is 0 Å². The highest BCUT2D eigenvalue weighted by atomic mass is 16.5. The Morgan fingerprint density at radius 2 is 2.12 bits per heavy atom. The van der Waals surface area contributed by atoms with Gasteiger partial charge in [-0.05, 0) is 25.5 Å². The second kappa shape index (κ2) is 3.74. The molecule has 1 N–H and O–H groups in total. The Bertz CT molecular complexity index is 460. The number of hydrogen-bond donors (Lipinski definition) is 1. The lowest BCUT2D eigenvalue weighted by atomic mass is 10.1. The van der Waals surface area contributed by atoms with Gasteiger partial charge in [-0.2, -0.15) is 0 Å². The average molecular weight is 232 g/mol. The maximum Gasteiger partial charge on any atom is 0.325 e. The van der Waals surface area contributed by atoms with Gasteiger partial charge in [0.2, 0.25) is 0 Å². The lowest BCUT2D eigenvalue weighted by molar-refractivity contribution is -0.149. The Hall–Kier alpha value is -1.55. The van der Waals surface area contributed by atoms with E-state index in [1.54, 1.807) is 0 Å². The van der Waals surface area contributed by atoms with Gasteiger partial charge in [0.15, 0.2) is 0 Å². The van der Waals surface area contributed by atoms with Gasteiger partial charge in [-0.1, -0.05) is 18.2 Å². The number of fused-ring (bicyclic) bond motifs is 3. The van der Waals surface area contributed by atoms with E-state index in [0.29, 0.717) is 0 Å². The van der Waals surface area contributed by atoms with Gasteiger partial charge in [-0.25, -0.2) is 5.43 Å². The number of carbonyl (C=O) groups excluding carboxylic acids is 1. The quantitative estimate of drug-likeness (QED) is 0.684.